The van der Waals surface area contributed by atoms with Crippen molar-refractivity contribution in [3.63, 3.8) is 0 Å². The van der Waals surface area contributed by atoms with E-state index in [0.29, 0.717) is 25.3 Å². The van der Waals surface area contributed by atoms with Crippen molar-refractivity contribution in [2.24, 2.45) is 11.1 Å². The number of anilines is 1. The quantitative estimate of drug-likeness (QED) is 0.816. The standard InChI is InChI=1S/C22H29N3O3/c1-3-15-28-19-16-17(9-10-22(19,2)21(23)27)20(26)25-13-11-24(12-14-25)18-7-5-4-6-8-18/h4-10,16,19H,3,11-15H2,1-2H3,(H2,23,27). The molecule has 2 N–H and O–H groups in total. The third kappa shape index (κ3) is 4.12. The fourth-order valence-corrected chi connectivity index (χ4v) is 3.57. The number of rotatable bonds is 6. The fraction of sp³-hybridized carbons (Fsp3) is 0.455. The summed E-state index contributed by atoms with van der Waals surface area (Å²) >= 11 is 0. The molecule has 2 amide bonds. The molecule has 0 bridgehead atoms. The number of piperazine rings is 1. The van der Waals surface area contributed by atoms with Gasteiger partial charge in [0.15, 0.2) is 0 Å². The summed E-state index contributed by atoms with van der Waals surface area (Å²) in [5.74, 6) is -0.482. The van der Waals surface area contributed by atoms with Crippen LogP contribution in [0.2, 0.25) is 0 Å². The van der Waals surface area contributed by atoms with Gasteiger partial charge in [0, 0.05) is 44.0 Å². The Morgan fingerprint density at radius 1 is 1.18 bits per heavy atom. The van der Waals surface area contributed by atoms with E-state index in [1.165, 1.54) is 5.69 Å². The molecule has 1 heterocycles. The molecule has 28 heavy (non-hydrogen) atoms. The number of nitrogens with two attached hydrogens (primary N) is 1. The van der Waals surface area contributed by atoms with Crippen LogP contribution >= 0.6 is 0 Å². The summed E-state index contributed by atoms with van der Waals surface area (Å²) in [7, 11) is 0. The van der Waals surface area contributed by atoms with Gasteiger partial charge in [0.1, 0.15) is 0 Å². The van der Waals surface area contributed by atoms with Gasteiger partial charge >= 0.3 is 0 Å². The summed E-state index contributed by atoms with van der Waals surface area (Å²) in [5.41, 5.74) is 6.40. The van der Waals surface area contributed by atoms with E-state index in [-0.39, 0.29) is 5.91 Å². The van der Waals surface area contributed by atoms with Gasteiger partial charge in [0.2, 0.25) is 5.91 Å². The Morgan fingerprint density at radius 2 is 1.86 bits per heavy atom. The Kier molecular flexibility index (Phi) is 6.19. The third-order valence-corrected chi connectivity index (χ3v) is 5.50. The maximum atomic E-state index is 13.0. The molecule has 0 aromatic heterocycles. The van der Waals surface area contributed by atoms with E-state index >= 15 is 0 Å². The number of primary amides is 1. The molecule has 6 heteroatoms. The molecule has 2 atom stereocenters. The first kappa shape index (κ1) is 20.1. The van der Waals surface area contributed by atoms with Gasteiger partial charge in [0.25, 0.3) is 5.91 Å². The molecular weight excluding hydrogens is 354 g/mol. The van der Waals surface area contributed by atoms with Crippen LogP contribution in [0.15, 0.2) is 54.1 Å². The van der Waals surface area contributed by atoms with Gasteiger partial charge in [-0.3, -0.25) is 9.59 Å². The topological polar surface area (TPSA) is 75.9 Å². The van der Waals surface area contributed by atoms with Gasteiger partial charge in [-0.05, 0) is 31.6 Å². The van der Waals surface area contributed by atoms with Crippen molar-refractivity contribution >= 4 is 17.5 Å². The Balaban J connectivity index is 1.68. The Morgan fingerprint density at radius 3 is 2.46 bits per heavy atom. The van der Waals surface area contributed by atoms with E-state index in [0.717, 1.165) is 19.5 Å². The first-order chi connectivity index (χ1) is 13.5. The number of carbonyl (C=O) groups is 2. The number of carbonyl (C=O) groups excluding carboxylic acids is 2. The molecule has 6 nitrogen and oxygen atoms in total. The SMILES string of the molecule is CCCOC1C=C(C(=O)N2CCN(c3ccccc3)CC2)C=CC1(C)C(N)=O. The molecule has 3 rings (SSSR count). The molecule has 1 saturated heterocycles. The van der Waals surface area contributed by atoms with Crippen LogP contribution in [0.5, 0.6) is 0 Å². The van der Waals surface area contributed by atoms with Crippen LogP contribution in [0, 0.1) is 5.41 Å². The minimum Gasteiger partial charge on any atom is -0.373 e. The fourth-order valence-electron chi connectivity index (χ4n) is 3.57. The summed E-state index contributed by atoms with van der Waals surface area (Å²) in [4.78, 5) is 29.1. The second-order valence-corrected chi connectivity index (χ2v) is 7.51. The number of benzene rings is 1. The summed E-state index contributed by atoms with van der Waals surface area (Å²) in [5, 5.41) is 0. The van der Waals surface area contributed by atoms with Crippen molar-refractivity contribution < 1.29 is 14.3 Å². The maximum absolute atomic E-state index is 13.0. The molecule has 1 aromatic carbocycles. The summed E-state index contributed by atoms with van der Waals surface area (Å²) in [6, 6.07) is 10.2. The average Bonchev–Trinajstić information content (AvgIpc) is 2.73. The van der Waals surface area contributed by atoms with Crippen LogP contribution in [-0.2, 0) is 14.3 Å². The van der Waals surface area contributed by atoms with Crippen LogP contribution < -0.4 is 10.6 Å². The zero-order valence-corrected chi connectivity index (χ0v) is 16.6. The van der Waals surface area contributed by atoms with Gasteiger partial charge in [-0.25, -0.2) is 0 Å². The van der Waals surface area contributed by atoms with Crippen LogP contribution in [0.1, 0.15) is 20.3 Å². The first-order valence-electron chi connectivity index (χ1n) is 9.87. The molecule has 1 aliphatic heterocycles. The Hall–Kier alpha value is -2.60. The molecule has 2 aliphatic rings. The van der Waals surface area contributed by atoms with Crippen LogP contribution in [0.25, 0.3) is 0 Å². The highest BCUT2D eigenvalue weighted by Crippen LogP contribution is 2.32. The highest BCUT2D eigenvalue weighted by molar-refractivity contribution is 5.98. The molecule has 0 saturated carbocycles. The second kappa shape index (κ2) is 8.61. The third-order valence-electron chi connectivity index (χ3n) is 5.50. The van der Waals surface area contributed by atoms with Gasteiger partial charge in [-0.2, -0.15) is 0 Å². The maximum Gasteiger partial charge on any atom is 0.253 e. The van der Waals surface area contributed by atoms with Crippen LogP contribution in [0.4, 0.5) is 5.69 Å². The molecule has 0 spiro atoms. The smallest absolute Gasteiger partial charge is 0.253 e. The number of hydrogen-bond acceptors (Lipinski definition) is 4. The van der Waals surface area contributed by atoms with Crippen molar-refractivity contribution in [1.29, 1.82) is 0 Å². The van der Waals surface area contributed by atoms with Crippen molar-refractivity contribution in [1.82, 2.24) is 4.90 Å². The van der Waals surface area contributed by atoms with Gasteiger partial charge in [-0.15, -0.1) is 0 Å². The predicted molar refractivity (Wildman–Crippen MR) is 110 cm³/mol. The van der Waals surface area contributed by atoms with E-state index < -0.39 is 17.4 Å². The summed E-state index contributed by atoms with van der Waals surface area (Å²) < 4.78 is 5.84. The lowest BCUT2D eigenvalue weighted by Gasteiger charge is -2.37. The molecule has 1 aliphatic carbocycles. The van der Waals surface area contributed by atoms with E-state index in [4.69, 9.17) is 10.5 Å². The zero-order chi connectivity index (χ0) is 20.1. The van der Waals surface area contributed by atoms with Crippen LogP contribution in [-0.4, -0.2) is 55.6 Å². The van der Waals surface area contributed by atoms with E-state index in [1.54, 1.807) is 25.2 Å². The first-order valence-corrected chi connectivity index (χ1v) is 9.87. The second-order valence-electron chi connectivity index (χ2n) is 7.51. The number of nitrogens with zero attached hydrogens (tertiary/aromatic N) is 2. The minimum atomic E-state index is -0.940. The number of para-hydroxylation sites is 1. The average molecular weight is 383 g/mol. The molecular formula is C22H29N3O3. The van der Waals surface area contributed by atoms with Crippen molar-refractivity contribution in [2.45, 2.75) is 26.4 Å². The lowest BCUT2D eigenvalue weighted by atomic mass is 9.78. The molecule has 2 unspecified atom stereocenters. The van der Waals surface area contributed by atoms with E-state index in [1.807, 2.05) is 30.0 Å². The van der Waals surface area contributed by atoms with Crippen molar-refractivity contribution in [3.05, 3.63) is 54.1 Å². The Bertz CT molecular complexity index is 766. The van der Waals surface area contributed by atoms with Crippen molar-refractivity contribution in [3.8, 4) is 0 Å². The van der Waals surface area contributed by atoms with E-state index in [2.05, 4.69) is 17.0 Å². The summed E-state index contributed by atoms with van der Waals surface area (Å²) in [6.07, 6.45) is 5.48. The van der Waals surface area contributed by atoms with Crippen molar-refractivity contribution in [2.75, 3.05) is 37.7 Å². The van der Waals surface area contributed by atoms with Gasteiger partial charge < -0.3 is 20.3 Å². The highest BCUT2D eigenvalue weighted by atomic mass is 16.5. The lowest BCUT2D eigenvalue weighted by molar-refractivity contribution is -0.131. The minimum absolute atomic E-state index is 0.0272. The molecule has 150 valence electrons. The largest absolute Gasteiger partial charge is 0.373 e. The van der Waals surface area contributed by atoms with E-state index in [9.17, 15) is 9.59 Å². The monoisotopic (exact) mass is 383 g/mol. The zero-order valence-electron chi connectivity index (χ0n) is 16.6. The molecule has 0 radical (unpaired) electrons. The highest BCUT2D eigenvalue weighted by Gasteiger charge is 2.40. The molecule has 1 aromatic rings. The lowest BCUT2D eigenvalue weighted by Crippen LogP contribution is -2.50. The number of amides is 2. The molecule has 1 fully saturated rings. The number of hydrogen-bond donors (Lipinski definition) is 1. The Labute approximate surface area is 166 Å². The predicted octanol–water partition coefficient (Wildman–Crippen LogP) is 2.12. The van der Waals surface area contributed by atoms with Gasteiger partial charge in [0.05, 0.1) is 11.5 Å². The van der Waals surface area contributed by atoms with Crippen LogP contribution in [0.3, 0.4) is 0 Å². The summed E-state index contributed by atoms with van der Waals surface area (Å²) in [6.45, 7) is 7.17. The normalized spacial score (nSPS) is 24.8. The number of ether oxygens (including phenoxy) is 1. The van der Waals surface area contributed by atoms with Gasteiger partial charge in [-0.1, -0.05) is 37.3 Å².